The van der Waals surface area contributed by atoms with E-state index in [0.29, 0.717) is 6.04 Å². The Balaban J connectivity index is 2.01. The van der Waals surface area contributed by atoms with Crippen molar-refractivity contribution in [1.29, 1.82) is 0 Å². The van der Waals surface area contributed by atoms with E-state index in [1.54, 1.807) is 0 Å². The number of likely N-dealkylation sites (N-methyl/N-ethyl adjacent to an activating group) is 1. The lowest BCUT2D eigenvalue weighted by Gasteiger charge is -2.32. The molecule has 1 aliphatic rings. The Bertz CT molecular complexity index is 523. The first-order valence-corrected chi connectivity index (χ1v) is 6.65. The maximum absolute atomic E-state index is 3.40. The molecule has 0 amide bonds. The molecule has 1 aromatic heterocycles. The number of benzene rings is 1. The summed E-state index contributed by atoms with van der Waals surface area (Å²) in [5.41, 5.74) is 4.32. The van der Waals surface area contributed by atoms with Crippen LogP contribution < -0.4 is 0 Å². The van der Waals surface area contributed by atoms with Gasteiger partial charge >= 0.3 is 0 Å². The van der Waals surface area contributed by atoms with E-state index in [1.165, 1.54) is 34.9 Å². The van der Waals surface area contributed by atoms with E-state index in [0.717, 1.165) is 13.1 Å². The molecule has 0 bridgehead atoms. The molecule has 0 radical (unpaired) electrons. The minimum atomic E-state index is 0.680. The summed E-state index contributed by atoms with van der Waals surface area (Å²) in [5.74, 6) is 0. The van der Waals surface area contributed by atoms with Crippen molar-refractivity contribution in [2.45, 2.75) is 32.7 Å². The monoisotopic (exact) mass is 228 g/mol. The van der Waals surface area contributed by atoms with Crippen LogP contribution in [-0.2, 0) is 12.8 Å². The zero-order valence-electron chi connectivity index (χ0n) is 10.7. The average molecular weight is 228 g/mol. The fourth-order valence-corrected chi connectivity index (χ4v) is 3.25. The standard InChI is InChI=1S/C15H20N2/c1-3-17(4-2)13-8-11-6-5-7-14-15(11)12(9-13)10-16-14/h5-7,10,13,16H,3-4,8-9H2,1-2H3. The first-order valence-electron chi connectivity index (χ1n) is 6.65. The van der Waals surface area contributed by atoms with Gasteiger partial charge in [0.25, 0.3) is 0 Å². The van der Waals surface area contributed by atoms with Crippen LogP contribution in [0.15, 0.2) is 24.4 Å². The van der Waals surface area contributed by atoms with Crippen LogP contribution in [0.1, 0.15) is 25.0 Å². The summed E-state index contributed by atoms with van der Waals surface area (Å²) < 4.78 is 0. The molecule has 2 heteroatoms. The van der Waals surface area contributed by atoms with Crippen LogP contribution in [-0.4, -0.2) is 29.0 Å². The normalized spacial score (nSPS) is 19.1. The number of rotatable bonds is 3. The summed E-state index contributed by atoms with van der Waals surface area (Å²) in [4.78, 5) is 5.98. The molecule has 2 nitrogen and oxygen atoms in total. The number of hydrogen-bond acceptors (Lipinski definition) is 1. The zero-order valence-corrected chi connectivity index (χ0v) is 10.7. The first kappa shape index (κ1) is 10.8. The third kappa shape index (κ3) is 1.67. The van der Waals surface area contributed by atoms with Crippen molar-refractivity contribution >= 4 is 10.9 Å². The molecule has 0 saturated heterocycles. The number of aromatic nitrogens is 1. The minimum absolute atomic E-state index is 0.680. The van der Waals surface area contributed by atoms with Crippen molar-refractivity contribution in [2.24, 2.45) is 0 Å². The van der Waals surface area contributed by atoms with Gasteiger partial charge in [0.05, 0.1) is 0 Å². The van der Waals surface area contributed by atoms with E-state index < -0.39 is 0 Å². The molecule has 1 N–H and O–H groups in total. The van der Waals surface area contributed by atoms with Crippen molar-refractivity contribution < 1.29 is 0 Å². The second-order valence-electron chi connectivity index (χ2n) is 4.94. The SMILES string of the molecule is CCN(CC)C1Cc2cccc3[nH]cc(c23)C1. The van der Waals surface area contributed by atoms with Crippen molar-refractivity contribution in [3.8, 4) is 0 Å². The van der Waals surface area contributed by atoms with Crippen LogP contribution in [0.2, 0.25) is 0 Å². The molecule has 2 aromatic rings. The average Bonchev–Trinajstić information content (AvgIpc) is 2.76. The highest BCUT2D eigenvalue weighted by molar-refractivity contribution is 5.87. The third-order valence-corrected chi connectivity index (χ3v) is 4.11. The molecule has 0 fully saturated rings. The van der Waals surface area contributed by atoms with Gasteiger partial charge in [-0.1, -0.05) is 26.0 Å². The van der Waals surface area contributed by atoms with Gasteiger partial charge in [-0.3, -0.25) is 0 Å². The van der Waals surface area contributed by atoms with Crippen LogP contribution in [0.25, 0.3) is 10.9 Å². The second kappa shape index (κ2) is 4.19. The van der Waals surface area contributed by atoms with Crippen LogP contribution in [0.3, 0.4) is 0 Å². The predicted octanol–water partition coefficient (Wildman–Crippen LogP) is 2.98. The van der Waals surface area contributed by atoms with Gasteiger partial charge in [0, 0.05) is 23.1 Å². The Morgan fingerprint density at radius 3 is 2.71 bits per heavy atom. The van der Waals surface area contributed by atoms with Gasteiger partial charge in [-0.15, -0.1) is 0 Å². The molecule has 0 spiro atoms. The number of H-pyrrole nitrogens is 1. The van der Waals surface area contributed by atoms with E-state index in [-0.39, 0.29) is 0 Å². The topological polar surface area (TPSA) is 19.0 Å². The van der Waals surface area contributed by atoms with Gasteiger partial charge in [-0.05, 0) is 43.1 Å². The van der Waals surface area contributed by atoms with Crippen molar-refractivity contribution in [1.82, 2.24) is 9.88 Å². The highest BCUT2D eigenvalue weighted by atomic mass is 15.1. The Morgan fingerprint density at radius 2 is 1.94 bits per heavy atom. The smallest absolute Gasteiger partial charge is 0.0459 e. The summed E-state index contributed by atoms with van der Waals surface area (Å²) in [6.07, 6.45) is 4.59. The largest absolute Gasteiger partial charge is 0.361 e. The van der Waals surface area contributed by atoms with E-state index in [4.69, 9.17) is 0 Å². The molecule has 1 atom stereocenters. The van der Waals surface area contributed by atoms with Crippen molar-refractivity contribution in [3.63, 3.8) is 0 Å². The Morgan fingerprint density at radius 1 is 1.18 bits per heavy atom. The number of hydrogen-bond donors (Lipinski definition) is 1. The molecule has 1 aliphatic carbocycles. The molecule has 17 heavy (non-hydrogen) atoms. The maximum Gasteiger partial charge on any atom is 0.0459 e. The maximum atomic E-state index is 3.40. The molecular formula is C15H20N2. The molecule has 1 aromatic carbocycles. The summed E-state index contributed by atoms with van der Waals surface area (Å²) in [7, 11) is 0. The highest BCUT2D eigenvalue weighted by Gasteiger charge is 2.24. The lowest BCUT2D eigenvalue weighted by atomic mass is 9.88. The lowest BCUT2D eigenvalue weighted by molar-refractivity contribution is 0.212. The van der Waals surface area contributed by atoms with Crippen LogP contribution in [0.5, 0.6) is 0 Å². The lowest BCUT2D eigenvalue weighted by Crippen LogP contribution is -2.39. The van der Waals surface area contributed by atoms with E-state index >= 15 is 0 Å². The Kier molecular flexibility index (Phi) is 2.67. The second-order valence-corrected chi connectivity index (χ2v) is 4.94. The molecular weight excluding hydrogens is 208 g/mol. The van der Waals surface area contributed by atoms with Gasteiger partial charge < -0.3 is 9.88 Å². The van der Waals surface area contributed by atoms with Gasteiger partial charge in [0.1, 0.15) is 0 Å². The molecule has 90 valence electrons. The van der Waals surface area contributed by atoms with Crippen molar-refractivity contribution in [3.05, 3.63) is 35.5 Å². The molecule has 0 aliphatic heterocycles. The van der Waals surface area contributed by atoms with Crippen LogP contribution in [0.4, 0.5) is 0 Å². The molecule has 0 saturated carbocycles. The van der Waals surface area contributed by atoms with Crippen molar-refractivity contribution in [2.75, 3.05) is 13.1 Å². The van der Waals surface area contributed by atoms with Gasteiger partial charge in [-0.2, -0.15) is 0 Å². The zero-order chi connectivity index (χ0) is 11.8. The number of aromatic amines is 1. The fourth-order valence-electron chi connectivity index (χ4n) is 3.25. The highest BCUT2D eigenvalue weighted by Crippen LogP contribution is 2.31. The summed E-state index contributed by atoms with van der Waals surface area (Å²) >= 11 is 0. The fraction of sp³-hybridized carbons (Fsp3) is 0.467. The Labute approximate surface area is 103 Å². The first-order chi connectivity index (χ1) is 8.33. The summed E-state index contributed by atoms with van der Waals surface area (Å²) in [5, 5.41) is 1.48. The van der Waals surface area contributed by atoms with Gasteiger partial charge in [0.15, 0.2) is 0 Å². The van der Waals surface area contributed by atoms with Crippen LogP contribution >= 0.6 is 0 Å². The third-order valence-electron chi connectivity index (χ3n) is 4.11. The molecule has 1 unspecified atom stereocenters. The van der Waals surface area contributed by atoms with E-state index in [9.17, 15) is 0 Å². The van der Waals surface area contributed by atoms with E-state index in [1.807, 2.05) is 0 Å². The number of nitrogens with zero attached hydrogens (tertiary/aromatic N) is 1. The predicted molar refractivity (Wildman–Crippen MR) is 72.4 cm³/mol. The summed E-state index contributed by atoms with van der Waals surface area (Å²) in [6, 6.07) is 7.32. The van der Waals surface area contributed by atoms with Gasteiger partial charge in [-0.25, -0.2) is 0 Å². The van der Waals surface area contributed by atoms with E-state index in [2.05, 4.69) is 48.1 Å². The summed E-state index contributed by atoms with van der Waals surface area (Å²) in [6.45, 7) is 6.82. The minimum Gasteiger partial charge on any atom is -0.361 e. The van der Waals surface area contributed by atoms with Gasteiger partial charge in [0.2, 0.25) is 0 Å². The number of nitrogens with one attached hydrogen (secondary N) is 1. The quantitative estimate of drug-likeness (QED) is 0.855. The Hall–Kier alpha value is -1.28. The van der Waals surface area contributed by atoms with Crippen LogP contribution in [0, 0.1) is 0 Å². The molecule has 3 rings (SSSR count). The molecule has 1 heterocycles.